The molecular weight excluding hydrogens is 236 g/mol. The van der Waals surface area contributed by atoms with E-state index in [1.165, 1.54) is 38.5 Å². The molecule has 0 spiro atoms. The van der Waals surface area contributed by atoms with E-state index in [2.05, 4.69) is 17.1 Å². The average Bonchev–Trinajstić information content (AvgIpc) is 2.69. The lowest BCUT2D eigenvalue weighted by Crippen LogP contribution is -2.46. The summed E-state index contributed by atoms with van der Waals surface area (Å²) in [7, 11) is 0. The van der Waals surface area contributed by atoms with Gasteiger partial charge in [-0.15, -0.1) is 0 Å². The number of piperidine rings is 1. The van der Waals surface area contributed by atoms with E-state index in [1.807, 2.05) is 0 Å². The number of nitrogens with zero attached hydrogens (tertiary/aromatic N) is 1. The summed E-state index contributed by atoms with van der Waals surface area (Å²) in [5, 5.41) is 3.38. The monoisotopic (exact) mass is 266 g/mol. The highest BCUT2D eigenvalue weighted by Gasteiger charge is 2.26. The van der Waals surface area contributed by atoms with E-state index in [4.69, 9.17) is 0 Å². The molecule has 1 saturated carbocycles. The molecule has 1 heterocycles. The largest absolute Gasteiger partial charge is 0.340 e. The van der Waals surface area contributed by atoms with Crippen LogP contribution in [-0.2, 0) is 4.79 Å². The fourth-order valence-electron chi connectivity index (χ4n) is 3.69. The Morgan fingerprint density at radius 3 is 2.26 bits per heavy atom. The first kappa shape index (κ1) is 14.8. The second-order valence-electron chi connectivity index (χ2n) is 6.22. The normalized spacial score (nSPS) is 23.0. The molecule has 1 aliphatic heterocycles. The molecule has 1 N–H and O–H groups in total. The van der Waals surface area contributed by atoms with Gasteiger partial charge < -0.3 is 10.2 Å². The van der Waals surface area contributed by atoms with E-state index in [9.17, 15) is 4.79 Å². The fraction of sp³-hybridized carbons (Fsp3) is 0.938. The molecule has 0 unspecified atom stereocenters. The zero-order valence-electron chi connectivity index (χ0n) is 12.5. The smallest absolute Gasteiger partial charge is 0.223 e. The molecule has 0 aromatic rings. The van der Waals surface area contributed by atoms with Crippen molar-refractivity contribution in [1.82, 2.24) is 10.2 Å². The summed E-state index contributed by atoms with van der Waals surface area (Å²) >= 11 is 0. The third kappa shape index (κ3) is 4.48. The Kier molecular flexibility index (Phi) is 6.15. The highest BCUT2D eigenvalue weighted by atomic mass is 16.2. The van der Waals surface area contributed by atoms with Crippen LogP contribution in [0.5, 0.6) is 0 Å². The van der Waals surface area contributed by atoms with Crippen LogP contribution in [0.15, 0.2) is 0 Å². The third-order valence-corrected chi connectivity index (χ3v) is 4.85. The first-order valence-corrected chi connectivity index (χ1v) is 8.31. The summed E-state index contributed by atoms with van der Waals surface area (Å²) in [5.74, 6) is 1.08. The molecule has 0 radical (unpaired) electrons. The van der Waals surface area contributed by atoms with Gasteiger partial charge in [0.1, 0.15) is 0 Å². The quantitative estimate of drug-likeness (QED) is 0.794. The van der Waals surface area contributed by atoms with Crippen molar-refractivity contribution in [3.05, 3.63) is 0 Å². The Morgan fingerprint density at radius 2 is 1.68 bits per heavy atom. The molecule has 110 valence electrons. The number of hydrogen-bond acceptors (Lipinski definition) is 2. The van der Waals surface area contributed by atoms with Gasteiger partial charge in [-0.3, -0.25) is 4.79 Å². The molecule has 2 aliphatic rings. The number of carbonyl (C=O) groups is 1. The van der Waals surface area contributed by atoms with Crippen molar-refractivity contribution in [3.8, 4) is 0 Å². The number of carbonyl (C=O) groups excluding carboxylic acids is 1. The van der Waals surface area contributed by atoms with E-state index in [-0.39, 0.29) is 0 Å². The van der Waals surface area contributed by atoms with Gasteiger partial charge in [-0.05, 0) is 51.6 Å². The Balaban J connectivity index is 1.84. The molecule has 2 fully saturated rings. The molecule has 1 amide bonds. The van der Waals surface area contributed by atoms with Gasteiger partial charge in [-0.2, -0.15) is 0 Å². The van der Waals surface area contributed by atoms with Gasteiger partial charge in [0.2, 0.25) is 5.91 Å². The summed E-state index contributed by atoms with van der Waals surface area (Å²) in [6.07, 6.45) is 11.0. The third-order valence-electron chi connectivity index (χ3n) is 4.85. The van der Waals surface area contributed by atoms with Crippen molar-refractivity contribution >= 4 is 5.91 Å². The van der Waals surface area contributed by atoms with E-state index in [0.29, 0.717) is 17.9 Å². The number of nitrogens with one attached hydrogen (secondary N) is 1. The van der Waals surface area contributed by atoms with Gasteiger partial charge >= 0.3 is 0 Å². The van der Waals surface area contributed by atoms with Crippen LogP contribution in [0, 0.1) is 5.92 Å². The minimum absolute atomic E-state index is 0.418. The Hall–Kier alpha value is -0.570. The van der Waals surface area contributed by atoms with E-state index < -0.39 is 0 Å². The summed E-state index contributed by atoms with van der Waals surface area (Å²) in [4.78, 5) is 14.7. The molecule has 19 heavy (non-hydrogen) atoms. The molecule has 1 aliphatic carbocycles. The molecule has 0 aromatic heterocycles. The van der Waals surface area contributed by atoms with Crippen LogP contribution in [0.1, 0.15) is 64.7 Å². The lowest BCUT2D eigenvalue weighted by molar-refractivity contribution is -0.135. The maximum atomic E-state index is 12.6. The molecule has 3 heteroatoms. The van der Waals surface area contributed by atoms with Crippen LogP contribution in [0.2, 0.25) is 0 Å². The first-order valence-electron chi connectivity index (χ1n) is 8.31. The first-order chi connectivity index (χ1) is 9.31. The predicted molar refractivity (Wildman–Crippen MR) is 79.1 cm³/mol. The van der Waals surface area contributed by atoms with Crippen molar-refractivity contribution in [2.45, 2.75) is 70.8 Å². The Labute approximate surface area is 118 Å². The van der Waals surface area contributed by atoms with Crippen LogP contribution < -0.4 is 5.32 Å². The zero-order chi connectivity index (χ0) is 13.5. The SMILES string of the molecule is CCN(C(=O)CC1CCCCCC1)C1CCNCC1. The van der Waals surface area contributed by atoms with E-state index >= 15 is 0 Å². The predicted octanol–water partition coefficient (Wildman–Crippen LogP) is 2.95. The summed E-state index contributed by atoms with van der Waals surface area (Å²) in [6.45, 7) is 5.15. The van der Waals surface area contributed by atoms with E-state index in [1.54, 1.807) is 0 Å². The average molecular weight is 266 g/mol. The lowest BCUT2D eigenvalue weighted by Gasteiger charge is -2.34. The van der Waals surface area contributed by atoms with Crippen LogP contribution in [-0.4, -0.2) is 36.5 Å². The molecule has 3 nitrogen and oxygen atoms in total. The van der Waals surface area contributed by atoms with Crippen LogP contribution in [0.25, 0.3) is 0 Å². The highest BCUT2D eigenvalue weighted by Crippen LogP contribution is 2.26. The molecule has 0 bridgehead atoms. The number of rotatable bonds is 4. The minimum Gasteiger partial charge on any atom is -0.340 e. The highest BCUT2D eigenvalue weighted by molar-refractivity contribution is 5.76. The number of hydrogen-bond donors (Lipinski definition) is 1. The molecule has 0 aromatic carbocycles. The van der Waals surface area contributed by atoms with Crippen molar-refractivity contribution in [3.63, 3.8) is 0 Å². The Bertz CT molecular complexity index is 266. The second kappa shape index (κ2) is 7.88. The summed E-state index contributed by atoms with van der Waals surface area (Å²) in [6, 6.07) is 0.490. The van der Waals surface area contributed by atoms with Gasteiger partial charge in [0, 0.05) is 19.0 Å². The van der Waals surface area contributed by atoms with Gasteiger partial charge in [0.05, 0.1) is 0 Å². The molecule has 0 atom stereocenters. The van der Waals surface area contributed by atoms with Crippen molar-refractivity contribution in [2.75, 3.05) is 19.6 Å². The van der Waals surface area contributed by atoms with Crippen molar-refractivity contribution < 1.29 is 4.79 Å². The van der Waals surface area contributed by atoms with Gasteiger partial charge in [-0.1, -0.05) is 25.7 Å². The summed E-state index contributed by atoms with van der Waals surface area (Å²) in [5.41, 5.74) is 0. The molecule has 1 saturated heterocycles. The maximum absolute atomic E-state index is 12.6. The zero-order valence-corrected chi connectivity index (χ0v) is 12.5. The van der Waals surface area contributed by atoms with Gasteiger partial charge in [0.25, 0.3) is 0 Å². The van der Waals surface area contributed by atoms with Crippen molar-refractivity contribution in [1.29, 1.82) is 0 Å². The van der Waals surface area contributed by atoms with Gasteiger partial charge in [0.15, 0.2) is 0 Å². The number of amides is 1. The van der Waals surface area contributed by atoms with E-state index in [0.717, 1.165) is 38.9 Å². The van der Waals surface area contributed by atoms with Crippen LogP contribution >= 0.6 is 0 Å². The standard InChI is InChI=1S/C16H30N2O/c1-2-18(15-9-11-17-12-10-15)16(19)13-14-7-5-3-4-6-8-14/h14-15,17H,2-13H2,1H3. The van der Waals surface area contributed by atoms with Crippen LogP contribution in [0.3, 0.4) is 0 Å². The molecular formula is C16H30N2O. The van der Waals surface area contributed by atoms with Crippen LogP contribution in [0.4, 0.5) is 0 Å². The second-order valence-corrected chi connectivity index (χ2v) is 6.22. The fourth-order valence-corrected chi connectivity index (χ4v) is 3.69. The summed E-state index contributed by atoms with van der Waals surface area (Å²) < 4.78 is 0. The lowest BCUT2D eigenvalue weighted by atomic mass is 9.95. The van der Waals surface area contributed by atoms with Crippen molar-refractivity contribution in [2.24, 2.45) is 5.92 Å². The van der Waals surface area contributed by atoms with Gasteiger partial charge in [-0.25, -0.2) is 0 Å². The minimum atomic E-state index is 0.418. The Morgan fingerprint density at radius 1 is 1.05 bits per heavy atom. The maximum Gasteiger partial charge on any atom is 0.223 e. The molecule has 2 rings (SSSR count). The topological polar surface area (TPSA) is 32.3 Å².